The maximum atomic E-state index is 5.85. The number of aliphatic imine (C=N–C) groups is 1. The van der Waals surface area contributed by atoms with E-state index >= 15 is 0 Å². The molecule has 0 aliphatic carbocycles. The fraction of sp³-hybridized carbons (Fsp3) is 0.696. The van der Waals surface area contributed by atoms with Crippen molar-refractivity contribution in [1.29, 1.82) is 0 Å². The highest BCUT2D eigenvalue weighted by Crippen LogP contribution is 2.40. The van der Waals surface area contributed by atoms with Crippen molar-refractivity contribution in [1.82, 2.24) is 10.6 Å². The van der Waals surface area contributed by atoms with Gasteiger partial charge in [-0.15, -0.1) is 24.0 Å². The zero-order valence-corrected chi connectivity index (χ0v) is 21.6. The van der Waals surface area contributed by atoms with Crippen molar-refractivity contribution in [3.05, 3.63) is 23.8 Å². The minimum absolute atomic E-state index is 0. The fourth-order valence-corrected chi connectivity index (χ4v) is 4.19. The molecule has 8 heteroatoms. The van der Waals surface area contributed by atoms with Crippen molar-refractivity contribution in [2.75, 3.05) is 46.8 Å². The van der Waals surface area contributed by atoms with Gasteiger partial charge in [-0.25, -0.2) is 0 Å². The van der Waals surface area contributed by atoms with E-state index in [1.807, 2.05) is 20.0 Å². The second-order valence-corrected chi connectivity index (χ2v) is 8.34. The summed E-state index contributed by atoms with van der Waals surface area (Å²) in [6, 6.07) is 6.30. The van der Waals surface area contributed by atoms with Crippen LogP contribution in [0.4, 0.5) is 0 Å². The summed E-state index contributed by atoms with van der Waals surface area (Å²) in [6.45, 7) is 10.6. The summed E-state index contributed by atoms with van der Waals surface area (Å²) in [5.74, 6) is 2.97. The van der Waals surface area contributed by atoms with Gasteiger partial charge >= 0.3 is 0 Å². The van der Waals surface area contributed by atoms with E-state index in [2.05, 4.69) is 41.6 Å². The number of hydrogen-bond acceptors (Lipinski definition) is 5. The molecular weight excluding hydrogens is 509 g/mol. The molecule has 0 aromatic heterocycles. The highest BCUT2D eigenvalue weighted by molar-refractivity contribution is 14.0. The molecule has 2 heterocycles. The van der Waals surface area contributed by atoms with Crippen LogP contribution in [0.1, 0.15) is 45.6 Å². The molecule has 7 nitrogen and oxygen atoms in total. The molecule has 0 radical (unpaired) electrons. The summed E-state index contributed by atoms with van der Waals surface area (Å²) in [7, 11) is 1.81. The summed E-state index contributed by atoms with van der Waals surface area (Å²) < 4.78 is 22.6. The smallest absolute Gasteiger partial charge is 0.231 e. The molecule has 1 atom stereocenters. The first kappa shape index (κ1) is 26.0. The Balaban J connectivity index is 0.00000341. The number of nitrogens with zero attached hydrogens (tertiary/aromatic N) is 1. The average Bonchev–Trinajstić information content (AvgIpc) is 3.24. The van der Waals surface area contributed by atoms with E-state index in [-0.39, 0.29) is 35.5 Å². The predicted molar refractivity (Wildman–Crippen MR) is 134 cm³/mol. The molecule has 0 spiro atoms. The van der Waals surface area contributed by atoms with Gasteiger partial charge in [-0.3, -0.25) is 4.99 Å². The molecule has 176 valence electrons. The Morgan fingerprint density at radius 2 is 1.90 bits per heavy atom. The SMILES string of the molecule is CCOC(CCNC(=NC)NCC1(c2ccc3c(c2)OCO3)CCOCC1)C(C)C.I. The van der Waals surface area contributed by atoms with Gasteiger partial charge in [0, 0.05) is 45.4 Å². The summed E-state index contributed by atoms with van der Waals surface area (Å²) in [4.78, 5) is 4.42. The second-order valence-electron chi connectivity index (χ2n) is 8.34. The van der Waals surface area contributed by atoms with E-state index < -0.39 is 0 Å². The van der Waals surface area contributed by atoms with E-state index in [4.69, 9.17) is 18.9 Å². The molecule has 2 aliphatic heterocycles. The lowest BCUT2D eigenvalue weighted by atomic mass is 9.74. The van der Waals surface area contributed by atoms with E-state index in [1.54, 1.807) is 0 Å². The van der Waals surface area contributed by atoms with Crippen LogP contribution >= 0.6 is 24.0 Å². The molecule has 2 N–H and O–H groups in total. The van der Waals surface area contributed by atoms with Gasteiger partial charge in [0.2, 0.25) is 6.79 Å². The topological polar surface area (TPSA) is 73.3 Å². The largest absolute Gasteiger partial charge is 0.454 e. The van der Waals surface area contributed by atoms with Crippen LogP contribution in [0.5, 0.6) is 11.5 Å². The lowest BCUT2D eigenvalue weighted by Gasteiger charge is -2.38. The third-order valence-corrected chi connectivity index (χ3v) is 6.10. The molecule has 1 unspecified atom stereocenters. The van der Waals surface area contributed by atoms with E-state index in [0.29, 0.717) is 12.7 Å². The van der Waals surface area contributed by atoms with Crippen molar-refractivity contribution < 1.29 is 18.9 Å². The van der Waals surface area contributed by atoms with Crippen LogP contribution in [0.3, 0.4) is 0 Å². The molecule has 0 saturated carbocycles. The lowest BCUT2D eigenvalue weighted by Crippen LogP contribution is -2.48. The van der Waals surface area contributed by atoms with Crippen molar-refractivity contribution in [2.45, 2.75) is 51.6 Å². The molecule has 31 heavy (non-hydrogen) atoms. The molecule has 1 aromatic rings. The summed E-state index contributed by atoms with van der Waals surface area (Å²) in [6.07, 6.45) is 3.12. The average molecular weight is 547 g/mol. The predicted octanol–water partition coefficient (Wildman–Crippen LogP) is 3.70. The number of rotatable bonds is 9. The Kier molecular flexibility index (Phi) is 10.6. The molecular formula is C23H38IN3O4. The zero-order chi connectivity index (χ0) is 21.4. The quantitative estimate of drug-likeness (QED) is 0.279. The van der Waals surface area contributed by atoms with E-state index in [9.17, 15) is 0 Å². The Morgan fingerprint density at radius 3 is 2.58 bits per heavy atom. The third kappa shape index (κ3) is 6.86. The van der Waals surface area contributed by atoms with Gasteiger partial charge in [0.15, 0.2) is 17.5 Å². The standard InChI is InChI=1S/C23H37N3O4.HI/c1-5-28-19(17(2)3)8-11-25-22(24-4)26-15-23(9-12-27-13-10-23)18-6-7-20-21(14-18)30-16-29-20;/h6-7,14,17,19H,5,8-13,15-16H2,1-4H3,(H2,24,25,26);1H. The van der Waals surface area contributed by atoms with Gasteiger partial charge in [0.05, 0.1) is 6.10 Å². The lowest BCUT2D eigenvalue weighted by molar-refractivity contribution is 0.0258. The maximum absolute atomic E-state index is 5.85. The number of hydrogen-bond donors (Lipinski definition) is 2. The number of nitrogens with one attached hydrogen (secondary N) is 2. The summed E-state index contributed by atoms with van der Waals surface area (Å²) in [5.41, 5.74) is 1.23. The van der Waals surface area contributed by atoms with Crippen LogP contribution in [0.2, 0.25) is 0 Å². The Bertz CT molecular complexity index is 708. The Labute approximate surface area is 203 Å². The number of fused-ring (bicyclic) bond motifs is 1. The minimum Gasteiger partial charge on any atom is -0.454 e. The monoisotopic (exact) mass is 547 g/mol. The normalized spacial score (nSPS) is 18.4. The number of halogens is 1. The molecule has 1 saturated heterocycles. The van der Waals surface area contributed by atoms with Crippen LogP contribution < -0.4 is 20.1 Å². The third-order valence-electron chi connectivity index (χ3n) is 6.10. The summed E-state index contributed by atoms with van der Waals surface area (Å²) in [5, 5.41) is 7.00. The first-order chi connectivity index (χ1) is 14.6. The van der Waals surface area contributed by atoms with E-state index in [1.165, 1.54) is 5.56 Å². The van der Waals surface area contributed by atoms with E-state index in [0.717, 1.165) is 69.6 Å². The molecule has 2 aliphatic rings. The molecule has 1 aromatic carbocycles. The van der Waals surface area contributed by atoms with Crippen molar-refractivity contribution in [3.8, 4) is 11.5 Å². The van der Waals surface area contributed by atoms with Crippen LogP contribution in [0.15, 0.2) is 23.2 Å². The zero-order valence-electron chi connectivity index (χ0n) is 19.2. The van der Waals surface area contributed by atoms with Crippen LogP contribution in [-0.4, -0.2) is 58.8 Å². The number of ether oxygens (including phenoxy) is 4. The van der Waals surface area contributed by atoms with Gasteiger partial charge in [-0.1, -0.05) is 19.9 Å². The molecule has 0 bridgehead atoms. The van der Waals surface area contributed by atoms with Crippen LogP contribution in [0, 0.1) is 5.92 Å². The van der Waals surface area contributed by atoms with Crippen molar-refractivity contribution >= 4 is 29.9 Å². The summed E-state index contributed by atoms with van der Waals surface area (Å²) >= 11 is 0. The highest BCUT2D eigenvalue weighted by Gasteiger charge is 2.35. The van der Waals surface area contributed by atoms with Gasteiger partial charge < -0.3 is 29.6 Å². The van der Waals surface area contributed by atoms with Gasteiger partial charge in [0.1, 0.15) is 0 Å². The minimum atomic E-state index is -0.0252. The molecule has 3 rings (SSSR count). The Morgan fingerprint density at radius 1 is 1.16 bits per heavy atom. The van der Waals surface area contributed by atoms with Gasteiger partial charge in [0.25, 0.3) is 0 Å². The first-order valence-electron chi connectivity index (χ1n) is 11.1. The van der Waals surface area contributed by atoms with Crippen LogP contribution in [-0.2, 0) is 14.9 Å². The van der Waals surface area contributed by atoms with Crippen LogP contribution in [0.25, 0.3) is 0 Å². The number of guanidine groups is 1. The fourth-order valence-electron chi connectivity index (χ4n) is 4.19. The van der Waals surface area contributed by atoms with Gasteiger partial charge in [-0.05, 0) is 49.8 Å². The van der Waals surface area contributed by atoms with Gasteiger partial charge in [-0.2, -0.15) is 0 Å². The van der Waals surface area contributed by atoms with Crippen molar-refractivity contribution in [2.24, 2.45) is 10.9 Å². The Hall–Kier alpha value is -1.26. The number of benzene rings is 1. The molecule has 1 fully saturated rings. The molecule has 0 amide bonds. The maximum Gasteiger partial charge on any atom is 0.231 e. The van der Waals surface area contributed by atoms with Crippen molar-refractivity contribution in [3.63, 3.8) is 0 Å². The second kappa shape index (κ2) is 12.7. The first-order valence-corrected chi connectivity index (χ1v) is 11.1. The highest BCUT2D eigenvalue weighted by atomic mass is 127.